The Balaban J connectivity index is 1.81. The predicted molar refractivity (Wildman–Crippen MR) is 98.6 cm³/mol. The molecular weight excluding hydrogens is 389 g/mol. The van der Waals surface area contributed by atoms with Gasteiger partial charge in [-0.05, 0) is 37.5 Å². The van der Waals surface area contributed by atoms with Crippen LogP contribution in [0.1, 0.15) is 35.3 Å². The fourth-order valence-electron chi connectivity index (χ4n) is 3.89. The van der Waals surface area contributed by atoms with Gasteiger partial charge in [0.15, 0.2) is 0 Å². The maximum absolute atomic E-state index is 13.2. The second-order valence-corrected chi connectivity index (χ2v) is 7.16. The van der Waals surface area contributed by atoms with Gasteiger partial charge in [0.05, 0.1) is 6.42 Å². The smallest absolute Gasteiger partial charge is 0.384 e. The van der Waals surface area contributed by atoms with Crippen LogP contribution in [0.25, 0.3) is 0 Å². The molecule has 1 atom stereocenters. The summed E-state index contributed by atoms with van der Waals surface area (Å²) in [5, 5.41) is 5.55. The Kier molecular flexibility index (Phi) is 4.14. The number of hydrogen-bond acceptors (Lipinski definition) is 6. The third-order valence-corrected chi connectivity index (χ3v) is 4.98. The number of nitrogen functional groups attached to an aromatic ring is 1. The third kappa shape index (κ3) is 3.32. The van der Waals surface area contributed by atoms with E-state index in [4.69, 9.17) is 5.73 Å². The highest BCUT2D eigenvalue weighted by Crippen LogP contribution is 2.41. The molecule has 1 spiro atoms. The lowest BCUT2D eigenvalue weighted by atomic mass is 10.1. The standard InChI is InChI=1S/C18H17F3N6O2/c1-9-4-11(25-13-5-12(22)23-8-24-13)16(29)27-14(9)15(28)26-17(27)3-2-10(6-17)7-18(19,20)21/h4-6,8H,2-3,7H2,1H3,(H,26,28)(H3,22,23,24,25). The number of aryl methyl sites for hydroxylation is 1. The monoisotopic (exact) mass is 406 g/mol. The summed E-state index contributed by atoms with van der Waals surface area (Å²) in [6.07, 6.45) is -2.56. The minimum absolute atomic E-state index is 0.123. The number of halogens is 3. The highest BCUT2D eigenvalue weighted by molar-refractivity contribution is 5.97. The molecule has 0 saturated heterocycles. The molecule has 1 amide bonds. The van der Waals surface area contributed by atoms with Crippen molar-refractivity contribution in [2.45, 2.75) is 38.0 Å². The normalized spacial score (nSPS) is 20.6. The van der Waals surface area contributed by atoms with E-state index in [1.807, 2.05) is 0 Å². The molecule has 0 fully saturated rings. The van der Waals surface area contributed by atoms with Gasteiger partial charge >= 0.3 is 6.18 Å². The molecule has 29 heavy (non-hydrogen) atoms. The number of nitrogens with zero attached hydrogens (tertiary/aromatic N) is 3. The maximum Gasteiger partial charge on any atom is 0.392 e. The molecule has 0 radical (unpaired) electrons. The van der Waals surface area contributed by atoms with Crippen molar-refractivity contribution in [2.75, 3.05) is 11.1 Å². The number of carbonyl (C=O) groups excluding carboxylic acids is 1. The SMILES string of the molecule is Cc1cc(Nc2cc(N)ncn2)c(=O)n2c1C(=O)NC21C=C(CC(F)(F)F)CC1. The van der Waals surface area contributed by atoms with E-state index in [9.17, 15) is 22.8 Å². The zero-order valence-corrected chi connectivity index (χ0v) is 15.3. The number of fused-ring (bicyclic) bond motifs is 2. The molecule has 4 N–H and O–H groups in total. The van der Waals surface area contributed by atoms with Crippen LogP contribution < -0.4 is 21.9 Å². The van der Waals surface area contributed by atoms with Crippen molar-refractivity contribution in [2.24, 2.45) is 0 Å². The number of anilines is 3. The molecule has 1 aliphatic heterocycles. The van der Waals surface area contributed by atoms with Gasteiger partial charge in [0.2, 0.25) is 0 Å². The van der Waals surface area contributed by atoms with Gasteiger partial charge in [-0.15, -0.1) is 0 Å². The predicted octanol–water partition coefficient (Wildman–Crippen LogP) is 2.34. The van der Waals surface area contributed by atoms with Crippen LogP contribution in [0.4, 0.5) is 30.5 Å². The van der Waals surface area contributed by atoms with E-state index in [0.717, 1.165) is 0 Å². The van der Waals surface area contributed by atoms with Gasteiger partial charge in [-0.1, -0.05) is 5.57 Å². The van der Waals surface area contributed by atoms with Crippen molar-refractivity contribution in [3.8, 4) is 0 Å². The van der Waals surface area contributed by atoms with Crippen molar-refractivity contribution in [3.05, 3.63) is 51.7 Å². The number of rotatable bonds is 3. The number of hydrogen-bond donors (Lipinski definition) is 3. The fraction of sp³-hybridized carbons (Fsp3) is 0.333. The number of nitrogens with two attached hydrogens (primary N) is 1. The van der Waals surface area contributed by atoms with E-state index < -0.39 is 29.7 Å². The van der Waals surface area contributed by atoms with E-state index >= 15 is 0 Å². The lowest BCUT2D eigenvalue weighted by Crippen LogP contribution is -2.44. The van der Waals surface area contributed by atoms with Gasteiger partial charge in [0.25, 0.3) is 11.5 Å². The number of carbonyl (C=O) groups is 1. The first-order valence-electron chi connectivity index (χ1n) is 8.79. The topological polar surface area (TPSA) is 115 Å². The van der Waals surface area contributed by atoms with Gasteiger partial charge in [0.1, 0.15) is 35.0 Å². The van der Waals surface area contributed by atoms with Gasteiger partial charge in [0, 0.05) is 6.07 Å². The summed E-state index contributed by atoms with van der Waals surface area (Å²) in [6.45, 7) is 1.65. The lowest BCUT2D eigenvalue weighted by molar-refractivity contribution is -0.127. The van der Waals surface area contributed by atoms with Crippen LogP contribution in [0.5, 0.6) is 0 Å². The van der Waals surface area contributed by atoms with E-state index in [-0.39, 0.29) is 41.4 Å². The number of pyridine rings is 1. The molecule has 2 aliphatic rings. The average Bonchev–Trinajstić information content (AvgIpc) is 3.11. The van der Waals surface area contributed by atoms with Crippen LogP contribution in [-0.2, 0) is 5.66 Å². The zero-order chi connectivity index (χ0) is 21.0. The summed E-state index contributed by atoms with van der Waals surface area (Å²) in [7, 11) is 0. The summed E-state index contributed by atoms with van der Waals surface area (Å²) in [6, 6.07) is 2.93. The number of alkyl halides is 3. The number of amides is 1. The summed E-state index contributed by atoms with van der Waals surface area (Å²) >= 11 is 0. The van der Waals surface area contributed by atoms with Crippen LogP contribution in [0, 0.1) is 6.92 Å². The van der Waals surface area contributed by atoms with E-state index in [1.54, 1.807) is 6.92 Å². The van der Waals surface area contributed by atoms with Gasteiger partial charge in [-0.2, -0.15) is 13.2 Å². The molecule has 8 nitrogen and oxygen atoms in total. The summed E-state index contributed by atoms with van der Waals surface area (Å²) in [5.41, 5.74) is 4.65. The molecule has 1 aliphatic carbocycles. The van der Waals surface area contributed by atoms with Crippen LogP contribution in [0.2, 0.25) is 0 Å². The van der Waals surface area contributed by atoms with E-state index in [0.29, 0.717) is 5.56 Å². The molecule has 1 unspecified atom stereocenters. The van der Waals surface area contributed by atoms with Gasteiger partial charge < -0.3 is 16.4 Å². The first kappa shape index (κ1) is 19.0. The second-order valence-electron chi connectivity index (χ2n) is 7.16. The first-order chi connectivity index (χ1) is 13.6. The van der Waals surface area contributed by atoms with Crippen molar-refractivity contribution in [3.63, 3.8) is 0 Å². The van der Waals surface area contributed by atoms with Crippen molar-refractivity contribution >= 4 is 23.2 Å². The minimum Gasteiger partial charge on any atom is -0.384 e. The molecule has 0 bridgehead atoms. The molecule has 152 valence electrons. The Bertz CT molecular complexity index is 1110. The Morgan fingerprint density at radius 1 is 1.31 bits per heavy atom. The van der Waals surface area contributed by atoms with Crippen LogP contribution >= 0.6 is 0 Å². The minimum atomic E-state index is -4.36. The Labute approximate surface area is 162 Å². The molecule has 3 heterocycles. The quantitative estimate of drug-likeness (QED) is 0.674. The number of nitrogens with one attached hydrogen (secondary N) is 2. The Morgan fingerprint density at radius 2 is 2.07 bits per heavy atom. The molecule has 2 aromatic heterocycles. The third-order valence-electron chi connectivity index (χ3n) is 4.98. The van der Waals surface area contributed by atoms with E-state index in [2.05, 4.69) is 20.6 Å². The van der Waals surface area contributed by atoms with Gasteiger partial charge in [-0.3, -0.25) is 14.2 Å². The lowest BCUT2D eigenvalue weighted by Gasteiger charge is -2.25. The fourth-order valence-corrected chi connectivity index (χ4v) is 3.89. The van der Waals surface area contributed by atoms with E-state index in [1.165, 1.54) is 29.1 Å². The van der Waals surface area contributed by atoms with Crippen molar-refractivity contribution < 1.29 is 18.0 Å². The van der Waals surface area contributed by atoms with Crippen molar-refractivity contribution in [1.29, 1.82) is 0 Å². The highest BCUT2D eigenvalue weighted by atomic mass is 19.4. The molecule has 2 aromatic rings. The number of allylic oxidation sites excluding steroid dienone is 1. The van der Waals surface area contributed by atoms with Crippen LogP contribution in [0.3, 0.4) is 0 Å². The molecular formula is C18H17F3N6O2. The molecule has 4 rings (SSSR count). The van der Waals surface area contributed by atoms with Crippen LogP contribution in [0.15, 0.2) is 34.9 Å². The highest BCUT2D eigenvalue weighted by Gasteiger charge is 2.47. The zero-order valence-electron chi connectivity index (χ0n) is 15.3. The Hall–Kier alpha value is -3.37. The van der Waals surface area contributed by atoms with Gasteiger partial charge in [-0.25, -0.2) is 9.97 Å². The molecule has 11 heteroatoms. The van der Waals surface area contributed by atoms with Crippen molar-refractivity contribution in [1.82, 2.24) is 19.9 Å². The molecule has 0 aromatic carbocycles. The summed E-state index contributed by atoms with van der Waals surface area (Å²) in [5.74, 6) is -0.0214. The largest absolute Gasteiger partial charge is 0.392 e. The number of aromatic nitrogens is 3. The second kappa shape index (κ2) is 6.33. The van der Waals surface area contributed by atoms with Crippen LogP contribution in [-0.4, -0.2) is 26.6 Å². The summed E-state index contributed by atoms with van der Waals surface area (Å²) < 4.78 is 39.7. The Morgan fingerprint density at radius 3 is 2.76 bits per heavy atom. The summed E-state index contributed by atoms with van der Waals surface area (Å²) in [4.78, 5) is 33.5. The first-order valence-corrected chi connectivity index (χ1v) is 8.79. The maximum atomic E-state index is 13.2. The molecule has 0 saturated carbocycles. The average molecular weight is 406 g/mol.